The van der Waals surface area contributed by atoms with Gasteiger partial charge in [-0.05, 0) is 43.3 Å². The first-order valence-corrected chi connectivity index (χ1v) is 10.4. The molecule has 3 N–H and O–H groups in total. The Hall–Kier alpha value is -3.20. The molecule has 0 fully saturated rings. The van der Waals surface area contributed by atoms with E-state index >= 15 is 0 Å². The van der Waals surface area contributed by atoms with Gasteiger partial charge < -0.3 is 20.7 Å². The maximum atomic E-state index is 12.1. The number of nitrogens with one attached hydrogen (secondary N) is 3. The summed E-state index contributed by atoms with van der Waals surface area (Å²) in [6.45, 7) is 5.03. The number of anilines is 1. The summed E-state index contributed by atoms with van der Waals surface area (Å²) in [6, 6.07) is 7.34. The van der Waals surface area contributed by atoms with E-state index in [1.807, 2.05) is 32.0 Å². The van der Waals surface area contributed by atoms with E-state index in [1.54, 1.807) is 16.8 Å². The summed E-state index contributed by atoms with van der Waals surface area (Å²) in [5.41, 5.74) is 3.08. The van der Waals surface area contributed by atoms with E-state index in [-0.39, 0.29) is 31.3 Å². The van der Waals surface area contributed by atoms with Gasteiger partial charge in [0.05, 0.1) is 13.0 Å². The Kier molecular flexibility index (Phi) is 8.54. The molecule has 2 rings (SSSR count). The number of ether oxygens (including phenoxy) is 1. The van der Waals surface area contributed by atoms with E-state index in [4.69, 9.17) is 4.74 Å². The van der Waals surface area contributed by atoms with Crippen LogP contribution in [0, 0.1) is 13.8 Å². The van der Waals surface area contributed by atoms with E-state index < -0.39 is 18.0 Å². The van der Waals surface area contributed by atoms with Gasteiger partial charge in [0, 0.05) is 23.2 Å². The van der Waals surface area contributed by atoms with Crippen LogP contribution < -0.4 is 16.0 Å². The molecule has 0 saturated carbocycles. The molecule has 1 aromatic heterocycles. The van der Waals surface area contributed by atoms with Gasteiger partial charge in [-0.3, -0.25) is 19.2 Å². The highest BCUT2D eigenvalue weighted by atomic mass is 32.1. The Morgan fingerprint density at radius 1 is 1.07 bits per heavy atom. The number of aryl methyl sites for hydroxylation is 2. The predicted molar refractivity (Wildman–Crippen MR) is 114 cm³/mol. The van der Waals surface area contributed by atoms with E-state index in [9.17, 15) is 19.2 Å². The molecule has 8 nitrogen and oxygen atoms in total. The van der Waals surface area contributed by atoms with Crippen LogP contribution in [-0.4, -0.2) is 42.9 Å². The molecule has 1 aromatic carbocycles. The van der Waals surface area contributed by atoms with Crippen LogP contribution in [0.3, 0.4) is 0 Å². The molecular weight excluding hydrogens is 406 g/mol. The van der Waals surface area contributed by atoms with Crippen LogP contribution in [0.25, 0.3) is 0 Å². The highest BCUT2D eigenvalue weighted by molar-refractivity contribution is 7.08. The van der Waals surface area contributed by atoms with Gasteiger partial charge in [0.2, 0.25) is 5.91 Å². The van der Waals surface area contributed by atoms with E-state index in [1.165, 1.54) is 18.3 Å². The van der Waals surface area contributed by atoms with Crippen molar-refractivity contribution in [3.8, 4) is 0 Å². The van der Waals surface area contributed by atoms with Crippen molar-refractivity contribution >= 4 is 40.7 Å². The average molecular weight is 432 g/mol. The minimum absolute atomic E-state index is 0.0689. The average Bonchev–Trinajstić information content (AvgIpc) is 3.24. The minimum Gasteiger partial charge on any atom is -0.452 e. The molecule has 0 spiro atoms. The fraction of sp³-hybridized carbons (Fsp3) is 0.333. The lowest BCUT2D eigenvalue weighted by Gasteiger charge is -2.15. The lowest BCUT2D eigenvalue weighted by atomic mass is 10.1. The Labute approximate surface area is 179 Å². The highest BCUT2D eigenvalue weighted by Gasteiger charge is 2.19. The molecule has 0 bridgehead atoms. The fourth-order valence-corrected chi connectivity index (χ4v) is 3.23. The quantitative estimate of drug-likeness (QED) is 0.527. The zero-order chi connectivity index (χ0) is 22.1. The first-order valence-electron chi connectivity index (χ1n) is 9.41. The van der Waals surface area contributed by atoms with Crippen LogP contribution >= 0.6 is 11.3 Å². The topological polar surface area (TPSA) is 114 Å². The number of carbonyl (C=O) groups excluding carboxylic acids is 4. The summed E-state index contributed by atoms with van der Waals surface area (Å²) in [5, 5.41) is 11.3. The summed E-state index contributed by atoms with van der Waals surface area (Å²) < 4.78 is 5.04. The third kappa shape index (κ3) is 7.00. The second-order valence-electron chi connectivity index (χ2n) is 6.68. The van der Waals surface area contributed by atoms with Crippen LogP contribution in [0.2, 0.25) is 0 Å². The Morgan fingerprint density at radius 3 is 2.40 bits per heavy atom. The Morgan fingerprint density at radius 2 is 1.77 bits per heavy atom. The van der Waals surface area contributed by atoms with Gasteiger partial charge in [0.15, 0.2) is 6.10 Å². The smallest absolute Gasteiger partial charge is 0.308 e. The van der Waals surface area contributed by atoms with Gasteiger partial charge in [-0.25, -0.2) is 0 Å². The first-order chi connectivity index (χ1) is 14.3. The third-order valence-corrected chi connectivity index (χ3v) is 4.93. The normalized spacial score (nSPS) is 11.3. The predicted octanol–water partition coefficient (Wildman–Crippen LogP) is 2.17. The number of para-hydroxylation sites is 1. The summed E-state index contributed by atoms with van der Waals surface area (Å²) in [5.74, 6) is -1.86. The molecule has 1 atom stereocenters. The summed E-state index contributed by atoms with van der Waals surface area (Å²) in [4.78, 5) is 47.8. The number of benzene rings is 1. The van der Waals surface area contributed by atoms with Gasteiger partial charge in [-0.1, -0.05) is 18.2 Å². The van der Waals surface area contributed by atoms with Gasteiger partial charge in [-0.2, -0.15) is 11.3 Å². The number of rotatable bonds is 9. The van der Waals surface area contributed by atoms with Gasteiger partial charge in [-0.15, -0.1) is 0 Å². The standard InChI is InChI=1S/C21H25N3O5S/c1-13-5-4-6-14(2)19(13)24-17(25)11-23-20(27)15(3)29-18(26)7-9-22-21(28)16-8-10-30-12-16/h4-6,8,10,12,15H,7,9,11H2,1-3H3,(H,22,28)(H,23,27)(H,24,25). The van der Waals surface area contributed by atoms with Crippen molar-refractivity contribution in [1.82, 2.24) is 10.6 Å². The Bertz CT molecular complexity index is 891. The maximum Gasteiger partial charge on any atom is 0.308 e. The molecule has 160 valence electrons. The molecule has 0 aliphatic heterocycles. The monoisotopic (exact) mass is 431 g/mol. The minimum atomic E-state index is -1.06. The maximum absolute atomic E-state index is 12.1. The molecular formula is C21H25N3O5S. The molecule has 9 heteroatoms. The molecule has 1 heterocycles. The summed E-state index contributed by atoms with van der Waals surface area (Å²) in [7, 11) is 0. The van der Waals surface area contributed by atoms with E-state index in [2.05, 4.69) is 16.0 Å². The van der Waals surface area contributed by atoms with Crippen LogP contribution in [0.15, 0.2) is 35.0 Å². The second-order valence-corrected chi connectivity index (χ2v) is 7.46. The zero-order valence-corrected chi connectivity index (χ0v) is 17.9. The van der Waals surface area contributed by atoms with Crippen molar-refractivity contribution in [2.45, 2.75) is 33.3 Å². The van der Waals surface area contributed by atoms with Gasteiger partial charge >= 0.3 is 5.97 Å². The molecule has 0 aliphatic carbocycles. The van der Waals surface area contributed by atoms with E-state index in [0.717, 1.165) is 11.1 Å². The van der Waals surface area contributed by atoms with Crippen molar-refractivity contribution in [2.75, 3.05) is 18.4 Å². The third-order valence-electron chi connectivity index (χ3n) is 4.24. The van der Waals surface area contributed by atoms with Crippen molar-refractivity contribution in [1.29, 1.82) is 0 Å². The first kappa shape index (κ1) is 23.1. The van der Waals surface area contributed by atoms with Crippen molar-refractivity contribution < 1.29 is 23.9 Å². The van der Waals surface area contributed by atoms with Gasteiger partial charge in [0.1, 0.15) is 0 Å². The SMILES string of the molecule is Cc1cccc(C)c1NC(=O)CNC(=O)C(C)OC(=O)CCNC(=O)c1ccsc1. The molecule has 30 heavy (non-hydrogen) atoms. The van der Waals surface area contributed by atoms with Crippen LogP contribution in [0.5, 0.6) is 0 Å². The lowest BCUT2D eigenvalue weighted by molar-refractivity contribution is -0.154. The van der Waals surface area contributed by atoms with Crippen LogP contribution in [0.4, 0.5) is 5.69 Å². The number of amides is 3. The number of carbonyl (C=O) groups is 4. The van der Waals surface area contributed by atoms with Crippen LogP contribution in [0.1, 0.15) is 34.8 Å². The molecule has 0 saturated heterocycles. The Balaban J connectivity index is 1.69. The molecule has 1 unspecified atom stereocenters. The number of thiophene rings is 1. The van der Waals surface area contributed by atoms with Gasteiger partial charge in [0.25, 0.3) is 11.8 Å². The number of esters is 1. The number of hydrogen-bond donors (Lipinski definition) is 3. The lowest BCUT2D eigenvalue weighted by Crippen LogP contribution is -2.40. The highest BCUT2D eigenvalue weighted by Crippen LogP contribution is 2.19. The zero-order valence-electron chi connectivity index (χ0n) is 17.1. The van der Waals surface area contributed by atoms with Crippen molar-refractivity contribution in [3.63, 3.8) is 0 Å². The van der Waals surface area contributed by atoms with Crippen molar-refractivity contribution in [3.05, 3.63) is 51.7 Å². The fourth-order valence-electron chi connectivity index (χ4n) is 2.59. The van der Waals surface area contributed by atoms with E-state index in [0.29, 0.717) is 11.3 Å². The second kappa shape index (κ2) is 11.1. The van der Waals surface area contributed by atoms with Crippen molar-refractivity contribution in [2.24, 2.45) is 0 Å². The number of hydrogen-bond acceptors (Lipinski definition) is 6. The summed E-state index contributed by atoms with van der Waals surface area (Å²) in [6.07, 6.45) is -1.13. The largest absolute Gasteiger partial charge is 0.452 e. The molecule has 2 aromatic rings. The molecule has 0 radical (unpaired) electrons. The molecule has 3 amide bonds. The summed E-state index contributed by atoms with van der Waals surface area (Å²) >= 11 is 1.40. The van der Waals surface area contributed by atoms with Crippen LogP contribution in [-0.2, 0) is 19.1 Å². The molecule has 0 aliphatic rings.